The van der Waals surface area contributed by atoms with Crippen LogP contribution in [0.15, 0.2) is 96.6 Å². The summed E-state index contributed by atoms with van der Waals surface area (Å²) in [6.45, 7) is 0. The third kappa shape index (κ3) is 3.29. The molecule has 0 bridgehead atoms. The second-order valence-corrected chi connectivity index (χ2v) is 5.97. The van der Waals surface area contributed by atoms with E-state index in [1.807, 2.05) is 72.8 Å². The number of hydrogen-bond donors (Lipinski definition) is 1. The van der Waals surface area contributed by atoms with Crippen LogP contribution >= 0.6 is 0 Å². The van der Waals surface area contributed by atoms with Crippen LogP contribution in [0.4, 0.5) is 0 Å². The van der Waals surface area contributed by atoms with Crippen molar-refractivity contribution in [1.29, 1.82) is 0 Å². The van der Waals surface area contributed by atoms with E-state index in [4.69, 9.17) is 0 Å². The normalized spacial score (nSPS) is 15.1. The van der Waals surface area contributed by atoms with Gasteiger partial charge in [0.2, 0.25) is 0 Å². The van der Waals surface area contributed by atoms with Crippen LogP contribution in [0.25, 0.3) is 22.9 Å². The molecular weight excluding hydrogens is 306 g/mol. The van der Waals surface area contributed by atoms with Crippen LogP contribution in [0.3, 0.4) is 0 Å². The zero-order chi connectivity index (χ0) is 17.1. The summed E-state index contributed by atoms with van der Waals surface area (Å²) in [6, 6.07) is 28.4. The summed E-state index contributed by atoms with van der Waals surface area (Å²) in [5.41, 5.74) is 5.88. The van der Waals surface area contributed by atoms with Crippen molar-refractivity contribution in [2.24, 2.45) is 0 Å². The predicted octanol–water partition coefficient (Wildman–Crippen LogP) is 4.91. The molecule has 3 aromatic rings. The van der Waals surface area contributed by atoms with E-state index in [2.05, 4.69) is 29.6 Å². The van der Waals surface area contributed by atoms with Gasteiger partial charge in [-0.25, -0.2) is 0 Å². The van der Waals surface area contributed by atoms with Gasteiger partial charge in [-0.2, -0.15) is 0 Å². The highest BCUT2D eigenvalue weighted by atomic mass is 16.1. The SMILES string of the molecule is O=C1NC(c2ccc(-c3ccccc3)cc2)=C/C1=C\c1ccccc1. The quantitative estimate of drug-likeness (QED) is 0.682. The van der Waals surface area contributed by atoms with Crippen molar-refractivity contribution in [3.63, 3.8) is 0 Å². The fourth-order valence-electron chi connectivity index (χ4n) is 2.92. The average molecular weight is 323 g/mol. The second kappa shape index (κ2) is 6.62. The maximum Gasteiger partial charge on any atom is 0.255 e. The van der Waals surface area contributed by atoms with E-state index < -0.39 is 0 Å². The Kier molecular flexibility index (Phi) is 4.01. The molecule has 3 aromatic carbocycles. The first kappa shape index (κ1) is 15.2. The Morgan fingerprint density at radius 1 is 0.640 bits per heavy atom. The molecule has 0 radical (unpaired) electrons. The minimum Gasteiger partial charge on any atom is -0.321 e. The number of rotatable bonds is 3. The Bertz CT molecular complexity index is 952. The fourth-order valence-corrected chi connectivity index (χ4v) is 2.92. The Labute approximate surface area is 147 Å². The maximum absolute atomic E-state index is 12.2. The number of nitrogens with one attached hydrogen (secondary N) is 1. The Hall–Kier alpha value is -3.39. The Morgan fingerprint density at radius 2 is 1.20 bits per heavy atom. The first-order valence-electron chi connectivity index (χ1n) is 8.25. The minimum atomic E-state index is -0.0639. The summed E-state index contributed by atoms with van der Waals surface area (Å²) in [5, 5.41) is 2.95. The van der Waals surface area contributed by atoms with Gasteiger partial charge in [-0.15, -0.1) is 0 Å². The van der Waals surface area contributed by atoms with Gasteiger partial charge < -0.3 is 5.32 Å². The van der Waals surface area contributed by atoms with Crippen molar-refractivity contribution < 1.29 is 4.79 Å². The Morgan fingerprint density at radius 3 is 1.88 bits per heavy atom. The highest BCUT2D eigenvalue weighted by Crippen LogP contribution is 2.25. The summed E-state index contributed by atoms with van der Waals surface area (Å²) < 4.78 is 0. The van der Waals surface area contributed by atoms with Gasteiger partial charge in [-0.3, -0.25) is 4.79 Å². The standard InChI is InChI=1S/C23H17NO/c25-23-21(15-17-7-3-1-4-8-17)16-22(24-23)20-13-11-19(12-14-20)18-9-5-2-6-10-18/h1-16H,(H,24,25)/b21-15+. The third-order valence-corrected chi connectivity index (χ3v) is 4.23. The molecule has 25 heavy (non-hydrogen) atoms. The smallest absolute Gasteiger partial charge is 0.255 e. The van der Waals surface area contributed by atoms with Gasteiger partial charge in [0.15, 0.2) is 0 Å². The highest BCUT2D eigenvalue weighted by Gasteiger charge is 2.18. The van der Waals surface area contributed by atoms with E-state index in [0.717, 1.165) is 22.4 Å². The van der Waals surface area contributed by atoms with Crippen LogP contribution in [-0.2, 0) is 4.79 Å². The summed E-state index contributed by atoms with van der Waals surface area (Å²) in [7, 11) is 0. The van der Waals surface area contributed by atoms with Gasteiger partial charge >= 0.3 is 0 Å². The molecule has 0 aliphatic carbocycles. The van der Waals surface area contributed by atoms with Crippen molar-refractivity contribution in [2.75, 3.05) is 0 Å². The zero-order valence-electron chi connectivity index (χ0n) is 13.6. The molecule has 1 heterocycles. The minimum absolute atomic E-state index is 0.0639. The number of carbonyl (C=O) groups is 1. The highest BCUT2D eigenvalue weighted by molar-refractivity contribution is 6.10. The molecule has 0 saturated carbocycles. The van der Waals surface area contributed by atoms with Crippen LogP contribution in [0, 0.1) is 0 Å². The van der Waals surface area contributed by atoms with Gasteiger partial charge in [0.05, 0.1) is 0 Å². The Balaban J connectivity index is 1.61. The van der Waals surface area contributed by atoms with E-state index in [0.29, 0.717) is 5.57 Å². The van der Waals surface area contributed by atoms with Crippen molar-refractivity contribution in [2.45, 2.75) is 0 Å². The molecule has 1 N–H and O–H groups in total. The molecule has 1 amide bonds. The molecule has 0 unspecified atom stereocenters. The third-order valence-electron chi connectivity index (χ3n) is 4.23. The van der Waals surface area contributed by atoms with Crippen LogP contribution < -0.4 is 5.32 Å². The van der Waals surface area contributed by atoms with Gasteiger partial charge in [-0.1, -0.05) is 84.9 Å². The summed E-state index contributed by atoms with van der Waals surface area (Å²) in [5.74, 6) is -0.0639. The lowest BCUT2D eigenvalue weighted by Gasteiger charge is -2.05. The first-order chi connectivity index (χ1) is 12.3. The molecule has 2 nitrogen and oxygen atoms in total. The lowest BCUT2D eigenvalue weighted by atomic mass is 10.0. The largest absolute Gasteiger partial charge is 0.321 e. The number of carbonyl (C=O) groups excluding carboxylic acids is 1. The van der Waals surface area contributed by atoms with Crippen molar-refractivity contribution in [3.05, 3.63) is 108 Å². The molecule has 1 aliphatic rings. The van der Waals surface area contributed by atoms with Crippen LogP contribution in [-0.4, -0.2) is 5.91 Å². The van der Waals surface area contributed by atoms with Gasteiger partial charge in [0.1, 0.15) is 0 Å². The lowest BCUT2D eigenvalue weighted by molar-refractivity contribution is -0.115. The van der Waals surface area contributed by atoms with E-state index >= 15 is 0 Å². The van der Waals surface area contributed by atoms with E-state index in [1.165, 1.54) is 5.56 Å². The molecule has 120 valence electrons. The average Bonchev–Trinajstić information content (AvgIpc) is 3.04. The first-order valence-corrected chi connectivity index (χ1v) is 8.25. The molecule has 0 saturated heterocycles. The van der Waals surface area contributed by atoms with Gasteiger partial charge in [0, 0.05) is 11.3 Å². The van der Waals surface area contributed by atoms with Crippen molar-refractivity contribution >= 4 is 17.7 Å². The lowest BCUT2D eigenvalue weighted by Crippen LogP contribution is -2.15. The van der Waals surface area contributed by atoms with E-state index in [9.17, 15) is 4.79 Å². The van der Waals surface area contributed by atoms with E-state index in [-0.39, 0.29) is 5.91 Å². The molecule has 2 heteroatoms. The number of amides is 1. The predicted molar refractivity (Wildman–Crippen MR) is 102 cm³/mol. The summed E-state index contributed by atoms with van der Waals surface area (Å²) in [4.78, 5) is 12.2. The van der Waals surface area contributed by atoms with Gasteiger partial charge in [0.25, 0.3) is 5.91 Å². The number of hydrogen-bond acceptors (Lipinski definition) is 1. The topological polar surface area (TPSA) is 29.1 Å². The summed E-state index contributed by atoms with van der Waals surface area (Å²) >= 11 is 0. The van der Waals surface area contributed by atoms with Crippen molar-refractivity contribution in [3.8, 4) is 11.1 Å². The molecule has 0 spiro atoms. The molecule has 1 aliphatic heterocycles. The molecular formula is C23H17NO. The zero-order valence-corrected chi connectivity index (χ0v) is 13.6. The van der Waals surface area contributed by atoms with Gasteiger partial charge in [-0.05, 0) is 34.4 Å². The maximum atomic E-state index is 12.2. The van der Waals surface area contributed by atoms with Crippen LogP contribution in [0.2, 0.25) is 0 Å². The summed E-state index contributed by atoms with van der Waals surface area (Å²) in [6.07, 6.45) is 3.81. The molecule has 4 rings (SSSR count). The molecule has 0 fully saturated rings. The van der Waals surface area contributed by atoms with Crippen LogP contribution in [0.5, 0.6) is 0 Å². The van der Waals surface area contributed by atoms with E-state index in [1.54, 1.807) is 0 Å². The fraction of sp³-hybridized carbons (Fsp3) is 0. The molecule has 0 atom stereocenters. The second-order valence-electron chi connectivity index (χ2n) is 5.97. The number of benzene rings is 3. The molecule has 0 aromatic heterocycles. The van der Waals surface area contributed by atoms with Crippen molar-refractivity contribution in [1.82, 2.24) is 5.32 Å². The van der Waals surface area contributed by atoms with Crippen LogP contribution in [0.1, 0.15) is 11.1 Å². The monoisotopic (exact) mass is 323 g/mol.